The SMILES string of the molecule is COc1cc(C=CC(=O)Nc2ccc(O)cc2C(=O)O)ccc1O. The monoisotopic (exact) mass is 329 g/mol. The molecule has 1 amide bonds. The number of aromatic carboxylic acids is 1. The minimum Gasteiger partial charge on any atom is -0.508 e. The van der Waals surface area contributed by atoms with Crippen molar-refractivity contribution in [2.75, 3.05) is 12.4 Å². The van der Waals surface area contributed by atoms with Crippen LogP contribution in [0.4, 0.5) is 5.69 Å². The van der Waals surface area contributed by atoms with Crippen LogP contribution in [0, 0.1) is 0 Å². The van der Waals surface area contributed by atoms with Crippen molar-refractivity contribution < 1.29 is 29.6 Å². The maximum Gasteiger partial charge on any atom is 0.337 e. The first-order valence-corrected chi connectivity index (χ1v) is 6.83. The summed E-state index contributed by atoms with van der Waals surface area (Å²) in [5.74, 6) is -1.78. The number of ether oxygens (including phenoxy) is 1. The molecule has 2 rings (SSSR count). The molecule has 7 nitrogen and oxygen atoms in total. The maximum atomic E-state index is 11.9. The predicted octanol–water partition coefficient (Wildman–Crippen LogP) is 2.46. The Morgan fingerprint density at radius 2 is 1.88 bits per heavy atom. The molecular formula is C17H15NO6. The number of rotatable bonds is 5. The molecule has 0 heterocycles. The lowest BCUT2D eigenvalue weighted by atomic mass is 10.1. The Morgan fingerprint density at radius 3 is 2.54 bits per heavy atom. The minimum absolute atomic E-state index is 0.0192. The van der Waals surface area contributed by atoms with Crippen molar-refractivity contribution in [2.24, 2.45) is 0 Å². The lowest BCUT2D eigenvalue weighted by Crippen LogP contribution is -2.11. The van der Waals surface area contributed by atoms with Crippen LogP contribution in [0.3, 0.4) is 0 Å². The highest BCUT2D eigenvalue weighted by Crippen LogP contribution is 2.27. The van der Waals surface area contributed by atoms with E-state index >= 15 is 0 Å². The van der Waals surface area contributed by atoms with Gasteiger partial charge in [-0.25, -0.2) is 4.79 Å². The number of carbonyl (C=O) groups is 2. The molecule has 0 radical (unpaired) electrons. The summed E-state index contributed by atoms with van der Waals surface area (Å²) in [4.78, 5) is 23.1. The van der Waals surface area contributed by atoms with Crippen LogP contribution in [-0.2, 0) is 4.79 Å². The van der Waals surface area contributed by atoms with E-state index in [9.17, 15) is 19.8 Å². The molecule has 4 N–H and O–H groups in total. The average Bonchev–Trinajstić information content (AvgIpc) is 2.55. The number of aromatic hydroxyl groups is 2. The van der Waals surface area contributed by atoms with E-state index in [4.69, 9.17) is 9.84 Å². The van der Waals surface area contributed by atoms with Crippen molar-refractivity contribution in [3.05, 3.63) is 53.6 Å². The molecular weight excluding hydrogens is 314 g/mol. The number of hydrogen-bond donors (Lipinski definition) is 4. The number of nitrogens with one attached hydrogen (secondary N) is 1. The Balaban J connectivity index is 2.15. The smallest absolute Gasteiger partial charge is 0.337 e. The summed E-state index contributed by atoms with van der Waals surface area (Å²) in [5.41, 5.74) is 0.463. The van der Waals surface area contributed by atoms with Gasteiger partial charge < -0.3 is 25.4 Å². The summed E-state index contributed by atoms with van der Waals surface area (Å²) in [6.45, 7) is 0. The lowest BCUT2D eigenvalue weighted by molar-refractivity contribution is -0.111. The fraction of sp³-hybridized carbons (Fsp3) is 0.0588. The van der Waals surface area contributed by atoms with E-state index < -0.39 is 11.9 Å². The molecule has 7 heteroatoms. The Hall–Kier alpha value is -3.48. The van der Waals surface area contributed by atoms with Gasteiger partial charge in [-0.3, -0.25) is 4.79 Å². The van der Waals surface area contributed by atoms with Gasteiger partial charge in [0.05, 0.1) is 18.4 Å². The third-order valence-electron chi connectivity index (χ3n) is 3.12. The van der Waals surface area contributed by atoms with Crippen LogP contribution in [0.5, 0.6) is 17.2 Å². The highest BCUT2D eigenvalue weighted by atomic mass is 16.5. The summed E-state index contributed by atoms with van der Waals surface area (Å²) < 4.78 is 4.97. The van der Waals surface area contributed by atoms with Gasteiger partial charge in [-0.2, -0.15) is 0 Å². The normalized spacial score (nSPS) is 10.5. The summed E-state index contributed by atoms with van der Waals surface area (Å²) in [6, 6.07) is 8.18. The second-order valence-electron chi connectivity index (χ2n) is 4.79. The van der Waals surface area contributed by atoms with E-state index in [1.807, 2.05) is 0 Å². The molecule has 0 bridgehead atoms. The van der Waals surface area contributed by atoms with Crippen LogP contribution in [0.1, 0.15) is 15.9 Å². The Kier molecular flexibility index (Phi) is 5.06. The topological polar surface area (TPSA) is 116 Å². The van der Waals surface area contributed by atoms with E-state index in [0.717, 1.165) is 6.07 Å². The molecule has 0 atom stereocenters. The molecule has 0 aliphatic carbocycles. The van der Waals surface area contributed by atoms with Gasteiger partial charge >= 0.3 is 5.97 Å². The molecule has 2 aromatic carbocycles. The summed E-state index contributed by atoms with van der Waals surface area (Å²) in [5, 5.41) is 30.3. The molecule has 24 heavy (non-hydrogen) atoms. The molecule has 0 spiro atoms. The Morgan fingerprint density at radius 1 is 1.12 bits per heavy atom. The van der Waals surface area contributed by atoms with Crippen molar-refractivity contribution in [2.45, 2.75) is 0 Å². The van der Waals surface area contributed by atoms with Crippen LogP contribution in [-0.4, -0.2) is 34.3 Å². The number of benzene rings is 2. The van der Waals surface area contributed by atoms with E-state index in [2.05, 4.69) is 5.32 Å². The second kappa shape index (κ2) is 7.19. The van der Waals surface area contributed by atoms with Crippen LogP contribution >= 0.6 is 0 Å². The molecule has 2 aromatic rings. The summed E-state index contributed by atoms with van der Waals surface area (Å²) >= 11 is 0. The van der Waals surface area contributed by atoms with E-state index in [0.29, 0.717) is 5.56 Å². The highest BCUT2D eigenvalue weighted by Gasteiger charge is 2.12. The fourth-order valence-electron chi connectivity index (χ4n) is 1.96. The number of hydrogen-bond acceptors (Lipinski definition) is 5. The molecule has 124 valence electrons. The minimum atomic E-state index is -1.27. The number of phenols is 2. The number of amides is 1. The molecule has 0 fully saturated rings. The number of carbonyl (C=O) groups excluding carboxylic acids is 1. The van der Waals surface area contributed by atoms with Gasteiger partial charge in [0, 0.05) is 6.08 Å². The summed E-state index contributed by atoms with van der Waals surface area (Å²) in [7, 11) is 1.41. The largest absolute Gasteiger partial charge is 0.508 e. The van der Waals surface area contributed by atoms with Crippen molar-refractivity contribution in [1.29, 1.82) is 0 Å². The molecule has 0 aliphatic heterocycles. The molecule has 0 saturated heterocycles. The molecule has 0 unspecified atom stereocenters. The molecule has 0 aromatic heterocycles. The number of carboxylic acids is 1. The van der Waals surface area contributed by atoms with E-state index in [-0.39, 0.29) is 28.5 Å². The van der Waals surface area contributed by atoms with Crippen LogP contribution in [0.2, 0.25) is 0 Å². The third kappa shape index (κ3) is 4.04. The number of phenolic OH excluding ortho intramolecular Hbond substituents is 2. The first kappa shape index (κ1) is 16.9. The maximum absolute atomic E-state index is 11.9. The van der Waals surface area contributed by atoms with Gasteiger partial charge in [-0.15, -0.1) is 0 Å². The van der Waals surface area contributed by atoms with Crippen LogP contribution in [0.15, 0.2) is 42.5 Å². The lowest BCUT2D eigenvalue weighted by Gasteiger charge is -2.07. The van der Waals surface area contributed by atoms with Gasteiger partial charge in [-0.1, -0.05) is 6.07 Å². The van der Waals surface area contributed by atoms with Gasteiger partial charge in [0.2, 0.25) is 5.91 Å². The van der Waals surface area contributed by atoms with Gasteiger partial charge in [0.25, 0.3) is 0 Å². The van der Waals surface area contributed by atoms with E-state index in [1.54, 1.807) is 12.1 Å². The van der Waals surface area contributed by atoms with Crippen molar-refractivity contribution in [3.8, 4) is 17.2 Å². The zero-order valence-corrected chi connectivity index (χ0v) is 12.7. The van der Waals surface area contributed by atoms with Gasteiger partial charge in [-0.05, 0) is 42.0 Å². The van der Waals surface area contributed by atoms with Crippen LogP contribution in [0.25, 0.3) is 6.08 Å². The third-order valence-corrected chi connectivity index (χ3v) is 3.12. The zero-order chi connectivity index (χ0) is 17.7. The predicted molar refractivity (Wildman–Crippen MR) is 87.4 cm³/mol. The van der Waals surface area contributed by atoms with Gasteiger partial charge in [0.15, 0.2) is 11.5 Å². The van der Waals surface area contributed by atoms with Crippen LogP contribution < -0.4 is 10.1 Å². The quantitative estimate of drug-likeness (QED) is 0.494. The average molecular weight is 329 g/mol. The van der Waals surface area contributed by atoms with Crippen molar-refractivity contribution in [1.82, 2.24) is 0 Å². The Bertz CT molecular complexity index is 813. The number of carboxylic acid groups (broad SMARTS) is 1. The highest BCUT2D eigenvalue weighted by molar-refractivity contribution is 6.06. The Labute approximate surface area is 137 Å². The molecule has 0 saturated carbocycles. The van der Waals surface area contributed by atoms with Gasteiger partial charge in [0.1, 0.15) is 5.75 Å². The fourth-order valence-corrected chi connectivity index (χ4v) is 1.96. The number of anilines is 1. The van der Waals surface area contributed by atoms with Crippen molar-refractivity contribution in [3.63, 3.8) is 0 Å². The summed E-state index contributed by atoms with van der Waals surface area (Å²) in [6.07, 6.45) is 2.70. The van der Waals surface area contributed by atoms with Crippen molar-refractivity contribution >= 4 is 23.6 Å². The first-order chi connectivity index (χ1) is 11.4. The zero-order valence-electron chi connectivity index (χ0n) is 12.7. The number of methoxy groups -OCH3 is 1. The molecule has 0 aliphatic rings. The first-order valence-electron chi connectivity index (χ1n) is 6.83. The second-order valence-corrected chi connectivity index (χ2v) is 4.79. The van der Waals surface area contributed by atoms with E-state index in [1.165, 1.54) is 37.5 Å². The standard InChI is InChI=1S/C17H15NO6/c1-24-15-8-10(2-6-14(15)20)3-7-16(21)18-13-5-4-11(19)9-12(13)17(22)23/h2-9,19-20H,1H3,(H,18,21)(H,22,23).